The summed E-state index contributed by atoms with van der Waals surface area (Å²) in [5, 5.41) is 12.3. The molecular formula is C12H20N4O2S. The normalized spacial score (nSPS) is 23.4. The molecule has 2 heterocycles. The lowest BCUT2D eigenvalue weighted by Gasteiger charge is -2.36. The van der Waals surface area contributed by atoms with Crippen LogP contribution in [0.1, 0.15) is 37.0 Å². The minimum atomic E-state index is -0.0512. The van der Waals surface area contributed by atoms with Gasteiger partial charge in [-0.2, -0.15) is 0 Å². The first-order valence-electron chi connectivity index (χ1n) is 6.61. The number of amides is 1. The lowest BCUT2D eigenvalue weighted by molar-refractivity contribution is -0.0387. The van der Waals surface area contributed by atoms with E-state index < -0.39 is 0 Å². The van der Waals surface area contributed by atoms with Crippen molar-refractivity contribution in [3.05, 3.63) is 5.01 Å². The molecule has 1 saturated heterocycles. The van der Waals surface area contributed by atoms with E-state index >= 15 is 0 Å². The highest BCUT2D eigenvalue weighted by molar-refractivity contribution is 7.17. The largest absolute Gasteiger partial charge is 0.375 e. The molecule has 0 saturated carbocycles. The van der Waals surface area contributed by atoms with E-state index in [0.29, 0.717) is 23.3 Å². The van der Waals surface area contributed by atoms with Crippen molar-refractivity contribution in [2.24, 2.45) is 0 Å². The molecule has 1 amide bonds. The third-order valence-corrected chi connectivity index (χ3v) is 3.87. The summed E-state index contributed by atoms with van der Waals surface area (Å²) in [6.45, 7) is 8.07. The molecule has 1 aliphatic heterocycles. The summed E-state index contributed by atoms with van der Waals surface area (Å²) in [5.74, 6) is -0.0512. The first kappa shape index (κ1) is 14.2. The first-order valence-corrected chi connectivity index (χ1v) is 7.43. The third kappa shape index (κ3) is 3.42. The molecule has 0 radical (unpaired) electrons. The molecule has 1 aromatic rings. The van der Waals surface area contributed by atoms with Crippen molar-refractivity contribution in [1.29, 1.82) is 0 Å². The molecule has 2 rings (SSSR count). The lowest BCUT2D eigenvalue weighted by atomic mass is 10.2. The predicted octanol–water partition coefficient (Wildman–Crippen LogP) is 1.61. The summed E-state index contributed by atoms with van der Waals surface area (Å²) in [4.78, 5) is 14.2. The van der Waals surface area contributed by atoms with Crippen molar-refractivity contribution in [2.45, 2.75) is 39.3 Å². The van der Waals surface area contributed by atoms with Crippen LogP contribution >= 0.6 is 11.3 Å². The van der Waals surface area contributed by atoms with Crippen LogP contribution in [0.25, 0.3) is 0 Å². The van der Waals surface area contributed by atoms with E-state index in [0.717, 1.165) is 13.0 Å². The minimum Gasteiger partial charge on any atom is -0.375 e. The van der Waals surface area contributed by atoms with Gasteiger partial charge >= 0.3 is 0 Å². The van der Waals surface area contributed by atoms with E-state index in [1.165, 1.54) is 11.3 Å². The number of nitrogens with one attached hydrogen (secondary N) is 1. The van der Waals surface area contributed by atoms with Gasteiger partial charge in [-0.3, -0.25) is 4.79 Å². The van der Waals surface area contributed by atoms with Crippen molar-refractivity contribution in [1.82, 2.24) is 15.1 Å². The average Bonchev–Trinajstić information content (AvgIpc) is 2.87. The van der Waals surface area contributed by atoms with E-state index in [9.17, 15) is 4.79 Å². The Kier molecular flexibility index (Phi) is 4.71. The number of hydrogen-bond donors (Lipinski definition) is 1. The molecule has 0 spiro atoms. The van der Waals surface area contributed by atoms with Crippen LogP contribution in [0.2, 0.25) is 0 Å². The standard InChI is InChI=1S/C12H20N4O2S/c1-4-5-13-12-15-14-10(19-12)11(17)16-6-9(3)18-7-8(16)2/h8-9H,4-7H2,1-3H3,(H,13,15). The Morgan fingerprint density at radius 3 is 3.05 bits per heavy atom. The fraction of sp³-hybridized carbons (Fsp3) is 0.750. The van der Waals surface area contributed by atoms with E-state index in [1.807, 2.05) is 18.7 Å². The fourth-order valence-electron chi connectivity index (χ4n) is 1.92. The maximum absolute atomic E-state index is 12.4. The second-order valence-corrected chi connectivity index (χ2v) is 5.77. The number of rotatable bonds is 4. The monoisotopic (exact) mass is 284 g/mol. The van der Waals surface area contributed by atoms with Crippen molar-refractivity contribution in [3.8, 4) is 0 Å². The highest BCUT2D eigenvalue weighted by Crippen LogP contribution is 2.20. The van der Waals surface area contributed by atoms with Crippen LogP contribution in [0.4, 0.5) is 5.13 Å². The zero-order chi connectivity index (χ0) is 13.8. The van der Waals surface area contributed by atoms with Crippen LogP contribution in [0.5, 0.6) is 0 Å². The molecule has 19 heavy (non-hydrogen) atoms. The number of carbonyl (C=O) groups is 1. The molecule has 1 N–H and O–H groups in total. The Morgan fingerprint density at radius 1 is 1.53 bits per heavy atom. The van der Waals surface area contributed by atoms with Gasteiger partial charge in [-0.25, -0.2) is 0 Å². The molecule has 2 atom stereocenters. The van der Waals surface area contributed by atoms with Gasteiger partial charge in [-0.05, 0) is 20.3 Å². The summed E-state index contributed by atoms with van der Waals surface area (Å²) < 4.78 is 5.53. The smallest absolute Gasteiger partial charge is 0.285 e. The number of anilines is 1. The number of ether oxygens (including phenoxy) is 1. The predicted molar refractivity (Wildman–Crippen MR) is 74.6 cm³/mol. The highest BCUT2D eigenvalue weighted by atomic mass is 32.1. The van der Waals surface area contributed by atoms with Crippen molar-refractivity contribution < 1.29 is 9.53 Å². The maximum Gasteiger partial charge on any atom is 0.285 e. The molecule has 6 nitrogen and oxygen atoms in total. The summed E-state index contributed by atoms with van der Waals surface area (Å²) in [6.07, 6.45) is 1.09. The molecule has 7 heteroatoms. The molecule has 106 valence electrons. The van der Waals surface area contributed by atoms with Gasteiger partial charge in [0.15, 0.2) is 0 Å². The summed E-state index contributed by atoms with van der Waals surface area (Å²) in [7, 11) is 0. The number of morpholine rings is 1. The number of hydrogen-bond acceptors (Lipinski definition) is 6. The van der Waals surface area contributed by atoms with Crippen molar-refractivity contribution in [2.75, 3.05) is 25.0 Å². The average molecular weight is 284 g/mol. The summed E-state index contributed by atoms with van der Waals surface area (Å²) in [6, 6.07) is 0.0830. The first-order chi connectivity index (χ1) is 9.11. The fourth-order valence-corrected chi connectivity index (χ4v) is 2.65. The van der Waals surface area contributed by atoms with E-state index in [1.54, 1.807) is 0 Å². The topological polar surface area (TPSA) is 67.4 Å². The van der Waals surface area contributed by atoms with Gasteiger partial charge in [-0.1, -0.05) is 18.3 Å². The molecule has 1 fully saturated rings. The van der Waals surface area contributed by atoms with E-state index in [-0.39, 0.29) is 18.1 Å². The summed E-state index contributed by atoms with van der Waals surface area (Å²) >= 11 is 1.31. The number of carbonyl (C=O) groups excluding carboxylic acids is 1. The Bertz CT molecular complexity index is 437. The molecule has 1 aliphatic rings. The maximum atomic E-state index is 12.4. The number of nitrogens with zero attached hydrogens (tertiary/aromatic N) is 3. The molecule has 1 aromatic heterocycles. The molecular weight excluding hydrogens is 264 g/mol. The Labute approximate surface area is 117 Å². The van der Waals surface area contributed by atoms with Crippen LogP contribution in [0.15, 0.2) is 0 Å². The van der Waals surface area contributed by atoms with E-state index in [2.05, 4.69) is 22.4 Å². The van der Waals surface area contributed by atoms with Gasteiger partial charge in [0.05, 0.1) is 18.8 Å². The van der Waals surface area contributed by atoms with Crippen LogP contribution in [-0.2, 0) is 4.74 Å². The third-order valence-electron chi connectivity index (χ3n) is 3.00. The van der Waals surface area contributed by atoms with Crippen LogP contribution in [0, 0.1) is 0 Å². The van der Waals surface area contributed by atoms with E-state index in [4.69, 9.17) is 4.74 Å². The van der Waals surface area contributed by atoms with Gasteiger partial charge in [0.1, 0.15) is 0 Å². The summed E-state index contributed by atoms with van der Waals surface area (Å²) in [5.41, 5.74) is 0. The molecule has 0 aromatic carbocycles. The highest BCUT2D eigenvalue weighted by Gasteiger charge is 2.30. The number of aromatic nitrogens is 2. The second kappa shape index (κ2) is 6.29. The van der Waals surface area contributed by atoms with Crippen molar-refractivity contribution >= 4 is 22.4 Å². The van der Waals surface area contributed by atoms with Crippen LogP contribution in [0.3, 0.4) is 0 Å². The van der Waals surface area contributed by atoms with Gasteiger partial charge in [-0.15, -0.1) is 10.2 Å². The van der Waals surface area contributed by atoms with Crippen LogP contribution in [-0.4, -0.2) is 52.8 Å². The molecule has 0 aliphatic carbocycles. The van der Waals surface area contributed by atoms with Gasteiger partial charge in [0, 0.05) is 13.1 Å². The van der Waals surface area contributed by atoms with Gasteiger partial charge in [0.25, 0.3) is 5.91 Å². The zero-order valence-electron chi connectivity index (χ0n) is 11.5. The van der Waals surface area contributed by atoms with Crippen LogP contribution < -0.4 is 5.32 Å². The second-order valence-electron chi connectivity index (χ2n) is 4.79. The Balaban J connectivity index is 2.03. The SMILES string of the molecule is CCCNc1nnc(C(=O)N2CC(C)OCC2C)s1. The molecule has 0 bridgehead atoms. The van der Waals surface area contributed by atoms with Gasteiger partial charge in [0.2, 0.25) is 10.1 Å². The Hall–Kier alpha value is -1.21. The van der Waals surface area contributed by atoms with Gasteiger partial charge < -0.3 is 15.0 Å². The quantitative estimate of drug-likeness (QED) is 0.910. The lowest BCUT2D eigenvalue weighted by Crippen LogP contribution is -2.50. The molecule has 2 unspecified atom stereocenters. The van der Waals surface area contributed by atoms with Crippen molar-refractivity contribution in [3.63, 3.8) is 0 Å². The Morgan fingerprint density at radius 2 is 2.32 bits per heavy atom. The minimum absolute atomic E-state index is 0.0512. The zero-order valence-corrected chi connectivity index (χ0v) is 12.4.